The molecule has 2 heterocycles. The second-order valence-electron chi connectivity index (χ2n) is 6.87. The fourth-order valence-corrected chi connectivity index (χ4v) is 3.60. The van der Waals surface area contributed by atoms with Crippen molar-refractivity contribution < 1.29 is 30.3 Å². The number of aryl methyl sites for hydroxylation is 2. The molecule has 12 heteroatoms. The number of aromatic nitrogens is 4. The van der Waals surface area contributed by atoms with Crippen LogP contribution in [0.1, 0.15) is 6.42 Å². The molecule has 0 spiro atoms. The van der Waals surface area contributed by atoms with Crippen molar-refractivity contribution in [3.05, 3.63) is 27.2 Å². The maximum Gasteiger partial charge on any atom is 0.336 e. The Morgan fingerprint density at radius 2 is 1.89 bits per heavy atom. The largest absolute Gasteiger partial charge is 0.479 e. The number of aliphatic hydroxyl groups is 4. The molecule has 27 heavy (non-hydrogen) atoms. The van der Waals surface area contributed by atoms with Crippen LogP contribution in [0, 0.1) is 5.92 Å². The summed E-state index contributed by atoms with van der Waals surface area (Å²) in [6.45, 7) is -0.680. The summed E-state index contributed by atoms with van der Waals surface area (Å²) in [6, 6.07) is 0. The van der Waals surface area contributed by atoms with Gasteiger partial charge in [-0.2, -0.15) is 0 Å². The van der Waals surface area contributed by atoms with Crippen molar-refractivity contribution in [2.45, 2.75) is 36.9 Å². The zero-order valence-corrected chi connectivity index (χ0v) is 14.6. The van der Waals surface area contributed by atoms with E-state index in [-0.39, 0.29) is 11.2 Å². The number of hydrogen-bond acceptors (Lipinski definition) is 8. The number of carboxylic acids is 1. The van der Waals surface area contributed by atoms with E-state index in [1.165, 1.54) is 25.0 Å². The molecule has 0 saturated heterocycles. The number of aliphatic carboxylic acids is 1. The molecule has 2 aromatic rings. The monoisotopic (exact) mass is 384 g/mol. The zero-order valence-electron chi connectivity index (χ0n) is 14.6. The van der Waals surface area contributed by atoms with Crippen LogP contribution in [0.4, 0.5) is 0 Å². The standard InChI is InChI=1S/C15H20N4O8/c1-17-5-16-11-8(17)12(23)19(14(26)18(11)2)4-6-9(21)10(22)7(20)3-15(6,27)13(24)25/h5-7,9-10,20-22,27H,3-4H2,1-2H3,(H,24,25)/t6?,7-,9-,10?,15?/m1/s1. The minimum absolute atomic E-state index is 0.0712. The molecule has 1 saturated carbocycles. The molecule has 3 unspecified atom stereocenters. The van der Waals surface area contributed by atoms with Crippen molar-refractivity contribution in [1.29, 1.82) is 0 Å². The first-order chi connectivity index (χ1) is 12.5. The maximum atomic E-state index is 12.8. The van der Waals surface area contributed by atoms with Gasteiger partial charge in [0.1, 0.15) is 6.10 Å². The van der Waals surface area contributed by atoms with Gasteiger partial charge in [-0.15, -0.1) is 0 Å². The van der Waals surface area contributed by atoms with Crippen LogP contribution in [0.3, 0.4) is 0 Å². The van der Waals surface area contributed by atoms with Crippen LogP contribution >= 0.6 is 0 Å². The molecule has 1 aliphatic rings. The predicted molar refractivity (Wildman–Crippen MR) is 88.9 cm³/mol. The fourth-order valence-electron chi connectivity index (χ4n) is 3.60. The normalized spacial score (nSPS) is 31.3. The van der Waals surface area contributed by atoms with Crippen LogP contribution in [0.5, 0.6) is 0 Å². The Balaban J connectivity index is 2.18. The van der Waals surface area contributed by atoms with Gasteiger partial charge in [0.2, 0.25) is 0 Å². The van der Waals surface area contributed by atoms with Crippen LogP contribution in [0.15, 0.2) is 15.9 Å². The molecule has 0 radical (unpaired) electrons. The number of fused-ring (bicyclic) bond motifs is 1. The summed E-state index contributed by atoms with van der Waals surface area (Å²) in [5.41, 5.74) is -4.07. The first kappa shape index (κ1) is 19.2. The summed E-state index contributed by atoms with van der Waals surface area (Å²) in [5, 5.41) is 49.8. The summed E-state index contributed by atoms with van der Waals surface area (Å²) in [7, 11) is 2.90. The number of imidazole rings is 1. The number of carbonyl (C=O) groups is 1. The summed E-state index contributed by atoms with van der Waals surface area (Å²) in [5.74, 6) is -3.37. The molecule has 2 aromatic heterocycles. The van der Waals surface area contributed by atoms with Gasteiger partial charge in [-0.1, -0.05) is 0 Å². The summed E-state index contributed by atoms with van der Waals surface area (Å²) in [6.07, 6.45) is -4.74. The van der Waals surface area contributed by atoms with E-state index in [9.17, 15) is 39.9 Å². The van der Waals surface area contributed by atoms with Crippen molar-refractivity contribution in [3.63, 3.8) is 0 Å². The second kappa shape index (κ2) is 6.27. The van der Waals surface area contributed by atoms with E-state index < -0.39 is 60.0 Å². The highest BCUT2D eigenvalue weighted by Gasteiger charge is 2.56. The lowest BCUT2D eigenvalue weighted by molar-refractivity contribution is -0.211. The first-order valence-electron chi connectivity index (χ1n) is 8.11. The van der Waals surface area contributed by atoms with Crippen LogP contribution in [0.2, 0.25) is 0 Å². The number of hydrogen-bond donors (Lipinski definition) is 5. The Morgan fingerprint density at radius 1 is 1.26 bits per heavy atom. The molecule has 3 rings (SSSR count). The number of nitrogens with zero attached hydrogens (tertiary/aromatic N) is 4. The molecule has 1 fully saturated rings. The van der Waals surface area contributed by atoms with E-state index >= 15 is 0 Å². The van der Waals surface area contributed by atoms with Gasteiger partial charge in [-0.3, -0.25) is 13.9 Å². The van der Waals surface area contributed by atoms with Crippen LogP contribution < -0.4 is 11.2 Å². The van der Waals surface area contributed by atoms with E-state index in [2.05, 4.69) is 4.98 Å². The van der Waals surface area contributed by atoms with Crippen molar-refractivity contribution in [2.75, 3.05) is 0 Å². The van der Waals surface area contributed by atoms with E-state index in [0.29, 0.717) is 4.57 Å². The van der Waals surface area contributed by atoms with E-state index in [0.717, 1.165) is 4.57 Å². The number of aliphatic hydroxyl groups excluding tert-OH is 3. The summed E-state index contributed by atoms with van der Waals surface area (Å²) in [4.78, 5) is 40.9. The predicted octanol–water partition coefficient (Wildman–Crippen LogP) is -3.65. The first-order valence-corrected chi connectivity index (χ1v) is 8.11. The third-order valence-corrected chi connectivity index (χ3v) is 5.24. The van der Waals surface area contributed by atoms with Crippen LogP contribution in [-0.4, -0.2) is 74.1 Å². The second-order valence-corrected chi connectivity index (χ2v) is 6.87. The van der Waals surface area contributed by atoms with Crippen molar-refractivity contribution >= 4 is 17.1 Å². The lowest BCUT2D eigenvalue weighted by atomic mass is 9.71. The van der Waals surface area contributed by atoms with Gasteiger partial charge in [0.15, 0.2) is 16.8 Å². The van der Waals surface area contributed by atoms with Crippen LogP contribution in [-0.2, 0) is 25.4 Å². The van der Waals surface area contributed by atoms with Crippen LogP contribution in [0.25, 0.3) is 11.2 Å². The van der Waals surface area contributed by atoms with Crippen molar-refractivity contribution in [1.82, 2.24) is 18.7 Å². The molecule has 5 N–H and O–H groups in total. The van der Waals surface area contributed by atoms with Gasteiger partial charge in [-0.05, 0) is 0 Å². The molecule has 0 amide bonds. The molecule has 0 aromatic carbocycles. The van der Waals surface area contributed by atoms with Crippen molar-refractivity contribution in [3.8, 4) is 0 Å². The molecule has 148 valence electrons. The summed E-state index contributed by atoms with van der Waals surface area (Å²) >= 11 is 0. The van der Waals surface area contributed by atoms with Crippen molar-refractivity contribution in [2.24, 2.45) is 20.0 Å². The van der Waals surface area contributed by atoms with Gasteiger partial charge in [0.25, 0.3) is 5.56 Å². The van der Waals surface area contributed by atoms with E-state index in [1.54, 1.807) is 0 Å². The third-order valence-electron chi connectivity index (χ3n) is 5.24. The Labute approximate surface area is 151 Å². The highest BCUT2D eigenvalue weighted by Crippen LogP contribution is 2.36. The lowest BCUT2D eigenvalue weighted by Gasteiger charge is -2.44. The van der Waals surface area contributed by atoms with Gasteiger partial charge in [-0.25, -0.2) is 14.6 Å². The third kappa shape index (κ3) is 2.68. The van der Waals surface area contributed by atoms with E-state index in [1.807, 2.05) is 0 Å². The maximum absolute atomic E-state index is 12.8. The number of rotatable bonds is 3. The topological polar surface area (TPSA) is 180 Å². The highest BCUT2D eigenvalue weighted by atomic mass is 16.4. The Kier molecular flexibility index (Phi) is 4.46. The fraction of sp³-hybridized carbons (Fsp3) is 0.600. The van der Waals surface area contributed by atoms with E-state index in [4.69, 9.17) is 0 Å². The SMILES string of the molecule is Cn1cnc2c1c(=O)n(CC1[C@@H](O)C(O)[C@H](O)CC1(O)C(=O)O)c(=O)n2C. The molecule has 12 nitrogen and oxygen atoms in total. The minimum atomic E-state index is -2.65. The lowest BCUT2D eigenvalue weighted by Crippen LogP contribution is -2.64. The smallest absolute Gasteiger partial charge is 0.336 e. The minimum Gasteiger partial charge on any atom is -0.479 e. The zero-order chi connectivity index (χ0) is 20.3. The van der Waals surface area contributed by atoms with Gasteiger partial charge in [0, 0.05) is 33.0 Å². The Morgan fingerprint density at radius 3 is 2.48 bits per heavy atom. The molecule has 0 aliphatic heterocycles. The van der Waals surface area contributed by atoms with Gasteiger partial charge < -0.3 is 30.1 Å². The molecular formula is C15H20N4O8. The molecule has 5 atom stereocenters. The molecular weight excluding hydrogens is 364 g/mol. The number of carboxylic acid groups (broad SMARTS) is 1. The van der Waals surface area contributed by atoms with Gasteiger partial charge >= 0.3 is 11.7 Å². The molecule has 1 aliphatic carbocycles. The average Bonchev–Trinajstić information content (AvgIpc) is 2.99. The molecule has 0 bridgehead atoms. The summed E-state index contributed by atoms with van der Waals surface area (Å²) < 4.78 is 3.14. The van der Waals surface area contributed by atoms with Gasteiger partial charge in [0.05, 0.1) is 18.5 Å². The Hall–Kier alpha value is -2.54. The average molecular weight is 384 g/mol. The Bertz CT molecular complexity index is 1020. The quantitative estimate of drug-likeness (QED) is 0.356. The highest BCUT2D eigenvalue weighted by molar-refractivity contribution is 5.78.